The van der Waals surface area contributed by atoms with Gasteiger partial charge in [-0.15, -0.1) is 12.4 Å². The molecule has 0 radical (unpaired) electrons. The molecule has 2 N–H and O–H groups in total. The Morgan fingerprint density at radius 1 is 1.09 bits per heavy atom. The van der Waals surface area contributed by atoms with Crippen molar-refractivity contribution in [2.75, 3.05) is 6.54 Å². The Kier molecular flexibility index (Phi) is 6.91. The summed E-state index contributed by atoms with van der Waals surface area (Å²) in [6, 6.07) is 11.7. The number of piperidine rings is 1. The molecule has 1 aliphatic heterocycles. The van der Waals surface area contributed by atoms with E-state index in [4.69, 9.17) is 0 Å². The fourth-order valence-electron chi connectivity index (χ4n) is 3.99. The molecule has 128 valence electrons. The van der Waals surface area contributed by atoms with E-state index >= 15 is 0 Å². The van der Waals surface area contributed by atoms with Crippen LogP contribution < -0.4 is 10.6 Å². The van der Waals surface area contributed by atoms with E-state index in [0.717, 1.165) is 32.2 Å². The average molecular weight is 337 g/mol. The van der Waals surface area contributed by atoms with Crippen LogP contribution in [0.4, 0.5) is 0 Å². The van der Waals surface area contributed by atoms with Crippen LogP contribution in [0.25, 0.3) is 0 Å². The highest BCUT2D eigenvalue weighted by Gasteiger charge is 2.28. The van der Waals surface area contributed by atoms with E-state index in [1.54, 1.807) is 0 Å². The highest BCUT2D eigenvalue weighted by Crippen LogP contribution is 2.33. The molecular formula is C19H29ClN2O. The smallest absolute Gasteiger partial charge is 0.223 e. The van der Waals surface area contributed by atoms with Crippen LogP contribution in [0.3, 0.4) is 0 Å². The fraction of sp³-hybridized carbons (Fsp3) is 0.632. The van der Waals surface area contributed by atoms with Gasteiger partial charge in [0, 0.05) is 18.0 Å². The van der Waals surface area contributed by atoms with Gasteiger partial charge in [0.1, 0.15) is 0 Å². The second kappa shape index (κ2) is 8.70. The maximum absolute atomic E-state index is 12.4. The molecule has 0 aromatic heterocycles. The molecule has 0 unspecified atom stereocenters. The van der Waals surface area contributed by atoms with Gasteiger partial charge in [0.15, 0.2) is 0 Å². The van der Waals surface area contributed by atoms with Crippen molar-refractivity contribution in [1.29, 1.82) is 0 Å². The highest BCUT2D eigenvalue weighted by atomic mass is 35.5. The van der Waals surface area contributed by atoms with Crippen LogP contribution in [-0.2, 0) is 4.79 Å². The van der Waals surface area contributed by atoms with Gasteiger partial charge in [0.2, 0.25) is 5.91 Å². The van der Waals surface area contributed by atoms with E-state index in [1.807, 2.05) is 0 Å². The molecule has 1 saturated heterocycles. The monoisotopic (exact) mass is 336 g/mol. The molecule has 1 aromatic rings. The fourth-order valence-corrected chi connectivity index (χ4v) is 3.99. The number of hydrogen-bond donors (Lipinski definition) is 2. The maximum Gasteiger partial charge on any atom is 0.223 e. The summed E-state index contributed by atoms with van der Waals surface area (Å²) in [5.74, 6) is 1.17. The maximum atomic E-state index is 12.4. The van der Waals surface area contributed by atoms with Crippen molar-refractivity contribution >= 4 is 18.3 Å². The number of benzene rings is 1. The quantitative estimate of drug-likeness (QED) is 0.884. The first-order chi connectivity index (χ1) is 10.7. The first-order valence-electron chi connectivity index (χ1n) is 8.81. The molecule has 2 atom stereocenters. The molecule has 4 heteroatoms. The van der Waals surface area contributed by atoms with Crippen LogP contribution in [0, 0.1) is 5.92 Å². The van der Waals surface area contributed by atoms with Gasteiger partial charge in [-0.25, -0.2) is 0 Å². The molecule has 1 aromatic carbocycles. The van der Waals surface area contributed by atoms with E-state index in [9.17, 15) is 4.79 Å². The normalized spacial score (nSPS) is 31.0. The molecule has 0 spiro atoms. The summed E-state index contributed by atoms with van der Waals surface area (Å²) in [5, 5.41) is 6.73. The number of rotatable bonds is 3. The minimum atomic E-state index is 0. The molecular weight excluding hydrogens is 308 g/mol. The number of halogens is 1. The largest absolute Gasteiger partial charge is 0.353 e. The molecule has 2 aliphatic rings. The summed E-state index contributed by atoms with van der Waals surface area (Å²) in [4.78, 5) is 12.4. The predicted octanol–water partition coefficient (Wildman–Crippen LogP) is 3.64. The molecule has 23 heavy (non-hydrogen) atoms. The lowest BCUT2D eigenvalue weighted by molar-refractivity contribution is -0.127. The molecule has 1 amide bonds. The van der Waals surface area contributed by atoms with Gasteiger partial charge in [-0.2, -0.15) is 0 Å². The van der Waals surface area contributed by atoms with Crippen molar-refractivity contribution < 1.29 is 4.79 Å². The third kappa shape index (κ3) is 4.95. The molecule has 3 nitrogen and oxygen atoms in total. The predicted molar refractivity (Wildman–Crippen MR) is 97.0 cm³/mol. The van der Waals surface area contributed by atoms with Crippen LogP contribution in [0.2, 0.25) is 0 Å². The topological polar surface area (TPSA) is 41.1 Å². The highest BCUT2D eigenvalue weighted by molar-refractivity contribution is 5.85. The van der Waals surface area contributed by atoms with Crippen LogP contribution >= 0.6 is 12.4 Å². The van der Waals surface area contributed by atoms with Crippen molar-refractivity contribution in [1.82, 2.24) is 10.6 Å². The van der Waals surface area contributed by atoms with Gasteiger partial charge >= 0.3 is 0 Å². The average Bonchev–Trinajstić information content (AvgIpc) is 2.56. The summed E-state index contributed by atoms with van der Waals surface area (Å²) in [6.45, 7) is 3.14. The van der Waals surface area contributed by atoms with Crippen LogP contribution in [0.5, 0.6) is 0 Å². The van der Waals surface area contributed by atoms with E-state index in [1.165, 1.54) is 18.4 Å². The number of nitrogens with one attached hydrogen (secondary N) is 2. The number of carbonyl (C=O) groups excluding carboxylic acids is 1. The second-order valence-electron chi connectivity index (χ2n) is 7.04. The minimum Gasteiger partial charge on any atom is -0.353 e. The summed E-state index contributed by atoms with van der Waals surface area (Å²) in [5.41, 5.74) is 1.46. The van der Waals surface area contributed by atoms with E-state index in [0.29, 0.717) is 18.0 Å². The Bertz CT molecular complexity index is 485. The van der Waals surface area contributed by atoms with Crippen LogP contribution in [-0.4, -0.2) is 24.5 Å². The molecule has 1 heterocycles. The Morgan fingerprint density at radius 2 is 1.78 bits per heavy atom. The number of carbonyl (C=O) groups is 1. The van der Waals surface area contributed by atoms with Gasteiger partial charge in [-0.3, -0.25) is 4.79 Å². The first-order valence-corrected chi connectivity index (χ1v) is 8.81. The zero-order chi connectivity index (χ0) is 15.4. The summed E-state index contributed by atoms with van der Waals surface area (Å²) in [6.07, 6.45) is 6.58. The Hall–Kier alpha value is -1.06. The van der Waals surface area contributed by atoms with Gasteiger partial charge in [-0.1, -0.05) is 30.3 Å². The Balaban J connectivity index is 0.00000192. The van der Waals surface area contributed by atoms with Crippen molar-refractivity contribution in [2.24, 2.45) is 5.92 Å². The van der Waals surface area contributed by atoms with Gasteiger partial charge in [-0.05, 0) is 63.5 Å². The third-order valence-electron chi connectivity index (χ3n) is 5.34. The van der Waals surface area contributed by atoms with Crippen molar-refractivity contribution in [3.8, 4) is 0 Å². The minimum absolute atomic E-state index is 0. The molecule has 3 rings (SSSR count). The third-order valence-corrected chi connectivity index (χ3v) is 5.34. The van der Waals surface area contributed by atoms with Crippen LogP contribution in [0.15, 0.2) is 30.3 Å². The molecule has 1 aliphatic carbocycles. The second-order valence-corrected chi connectivity index (χ2v) is 7.04. The SMILES string of the molecule is C[C@H]1C[C@@H](C(=O)NC2CCC(c3ccccc3)CC2)CCN1.Cl. The van der Waals surface area contributed by atoms with Gasteiger partial charge in [0.25, 0.3) is 0 Å². The van der Waals surface area contributed by atoms with E-state index in [2.05, 4.69) is 47.9 Å². The molecule has 2 fully saturated rings. The van der Waals surface area contributed by atoms with Gasteiger partial charge < -0.3 is 10.6 Å². The number of amides is 1. The lowest BCUT2D eigenvalue weighted by Gasteiger charge is -2.32. The van der Waals surface area contributed by atoms with Gasteiger partial charge in [0.05, 0.1) is 0 Å². The summed E-state index contributed by atoms with van der Waals surface area (Å²) >= 11 is 0. The summed E-state index contributed by atoms with van der Waals surface area (Å²) in [7, 11) is 0. The zero-order valence-corrected chi connectivity index (χ0v) is 14.8. The zero-order valence-electron chi connectivity index (χ0n) is 14.0. The van der Waals surface area contributed by atoms with Crippen molar-refractivity contribution in [2.45, 2.75) is 63.5 Å². The number of hydrogen-bond acceptors (Lipinski definition) is 2. The lowest BCUT2D eigenvalue weighted by atomic mass is 9.81. The standard InChI is InChI=1S/C19H28N2O.ClH/c1-14-13-17(11-12-20-14)19(22)21-18-9-7-16(8-10-18)15-5-3-2-4-6-15;/h2-6,14,16-18,20H,7-13H2,1H3,(H,21,22);1H/t14-,16?,17-,18?;/m0./s1. The lowest BCUT2D eigenvalue weighted by Crippen LogP contribution is -2.46. The Labute approximate surface area is 146 Å². The Morgan fingerprint density at radius 3 is 2.43 bits per heavy atom. The van der Waals surface area contributed by atoms with Crippen molar-refractivity contribution in [3.05, 3.63) is 35.9 Å². The summed E-state index contributed by atoms with van der Waals surface area (Å²) < 4.78 is 0. The molecule has 1 saturated carbocycles. The van der Waals surface area contributed by atoms with Crippen molar-refractivity contribution in [3.63, 3.8) is 0 Å². The van der Waals surface area contributed by atoms with Crippen LogP contribution in [0.1, 0.15) is 56.9 Å². The first kappa shape index (κ1) is 18.3. The van der Waals surface area contributed by atoms with E-state index in [-0.39, 0.29) is 24.2 Å². The van der Waals surface area contributed by atoms with E-state index < -0.39 is 0 Å². The molecule has 0 bridgehead atoms.